The van der Waals surface area contributed by atoms with Gasteiger partial charge in [0, 0.05) is 12.7 Å². The predicted molar refractivity (Wildman–Crippen MR) is 101 cm³/mol. The molecule has 2 atom stereocenters. The Hall–Kier alpha value is -1.85. The largest absolute Gasteiger partial charge is 0.323 e. The van der Waals surface area contributed by atoms with Gasteiger partial charge in [-0.15, -0.1) is 12.4 Å². The van der Waals surface area contributed by atoms with Gasteiger partial charge in [0.25, 0.3) is 0 Å². The number of fused-ring (bicyclic) bond motifs is 1. The summed E-state index contributed by atoms with van der Waals surface area (Å²) in [4.78, 5) is 13.0. The molecule has 4 rings (SSSR count). The smallest absolute Gasteiger partial charge is 0.232 e. The molecule has 1 aromatic carbocycles. The fourth-order valence-electron chi connectivity index (χ4n) is 4.23. The summed E-state index contributed by atoms with van der Waals surface area (Å²) in [6.07, 6.45) is 8.22. The second-order valence-corrected chi connectivity index (χ2v) is 7.10. The van der Waals surface area contributed by atoms with Crippen LogP contribution in [0.15, 0.2) is 42.7 Å². The van der Waals surface area contributed by atoms with Crippen LogP contribution < -0.4 is 10.6 Å². The molecule has 1 amide bonds. The van der Waals surface area contributed by atoms with Gasteiger partial charge in [0.15, 0.2) is 0 Å². The molecule has 0 unspecified atom stereocenters. The normalized spacial score (nSPS) is 25.0. The fourth-order valence-corrected chi connectivity index (χ4v) is 4.23. The molecule has 0 radical (unpaired) electrons. The summed E-state index contributed by atoms with van der Waals surface area (Å²) in [5, 5.41) is 10.9. The Morgan fingerprint density at radius 3 is 3.00 bits per heavy atom. The van der Waals surface area contributed by atoms with E-state index in [0.29, 0.717) is 12.5 Å². The summed E-state index contributed by atoms with van der Waals surface area (Å²) < 4.78 is 1.87. The van der Waals surface area contributed by atoms with E-state index < -0.39 is 0 Å². The number of hydrogen-bond acceptors (Lipinski definition) is 3. The Morgan fingerprint density at radius 1 is 1.32 bits per heavy atom. The molecule has 1 saturated carbocycles. The molecule has 134 valence electrons. The van der Waals surface area contributed by atoms with Crippen molar-refractivity contribution in [1.82, 2.24) is 15.1 Å². The van der Waals surface area contributed by atoms with Gasteiger partial charge in [0.05, 0.1) is 23.8 Å². The third-order valence-corrected chi connectivity index (χ3v) is 5.57. The highest BCUT2D eigenvalue weighted by Gasteiger charge is 2.49. The van der Waals surface area contributed by atoms with E-state index in [0.717, 1.165) is 38.0 Å². The Bertz CT molecular complexity index is 717. The number of nitrogens with one attached hydrogen (secondary N) is 2. The van der Waals surface area contributed by atoms with Crippen molar-refractivity contribution in [3.05, 3.63) is 48.3 Å². The second kappa shape index (κ2) is 7.58. The van der Waals surface area contributed by atoms with Crippen LogP contribution in [0.3, 0.4) is 0 Å². The minimum atomic E-state index is -0.222. The van der Waals surface area contributed by atoms with E-state index in [-0.39, 0.29) is 23.7 Å². The maximum absolute atomic E-state index is 13.0. The van der Waals surface area contributed by atoms with Crippen LogP contribution in [-0.4, -0.2) is 28.8 Å². The van der Waals surface area contributed by atoms with Crippen LogP contribution in [0.5, 0.6) is 0 Å². The number of benzene rings is 1. The SMILES string of the molecule is Cl.O=C(Nc1cnn(Cc2ccccc2)c1)[C@@]12CCCC[C@H]1CNC2. The van der Waals surface area contributed by atoms with Gasteiger partial charge in [-0.25, -0.2) is 0 Å². The van der Waals surface area contributed by atoms with Gasteiger partial charge in [-0.1, -0.05) is 43.2 Å². The number of rotatable bonds is 4. The zero-order valence-corrected chi connectivity index (χ0v) is 15.1. The van der Waals surface area contributed by atoms with Crippen molar-refractivity contribution in [1.29, 1.82) is 0 Å². The Kier molecular flexibility index (Phi) is 5.45. The molecule has 25 heavy (non-hydrogen) atoms. The third-order valence-electron chi connectivity index (χ3n) is 5.57. The van der Waals surface area contributed by atoms with Gasteiger partial charge in [-0.2, -0.15) is 5.10 Å². The van der Waals surface area contributed by atoms with E-state index in [1.165, 1.54) is 12.0 Å². The van der Waals surface area contributed by atoms with Gasteiger partial charge >= 0.3 is 0 Å². The highest BCUT2D eigenvalue weighted by molar-refractivity contribution is 5.96. The summed E-state index contributed by atoms with van der Waals surface area (Å²) >= 11 is 0. The van der Waals surface area contributed by atoms with Crippen molar-refractivity contribution in [2.45, 2.75) is 32.2 Å². The molecule has 0 spiro atoms. The topological polar surface area (TPSA) is 59.0 Å². The highest BCUT2D eigenvalue weighted by atomic mass is 35.5. The number of halogens is 1. The molecule has 6 heteroatoms. The summed E-state index contributed by atoms with van der Waals surface area (Å²) in [5.41, 5.74) is 1.77. The molecular weight excluding hydrogens is 336 g/mol. The molecule has 0 bridgehead atoms. The van der Waals surface area contributed by atoms with Crippen molar-refractivity contribution >= 4 is 24.0 Å². The molecule has 1 aromatic heterocycles. The number of aromatic nitrogens is 2. The Balaban J connectivity index is 0.00000182. The van der Waals surface area contributed by atoms with Crippen LogP contribution in [0.2, 0.25) is 0 Å². The molecular formula is C19H25ClN4O. The lowest BCUT2D eigenvalue weighted by Gasteiger charge is -2.36. The second-order valence-electron chi connectivity index (χ2n) is 7.10. The summed E-state index contributed by atoms with van der Waals surface area (Å²) in [6.45, 7) is 2.49. The van der Waals surface area contributed by atoms with E-state index in [1.54, 1.807) is 6.20 Å². The zero-order valence-electron chi connectivity index (χ0n) is 14.3. The lowest BCUT2D eigenvalue weighted by atomic mass is 9.67. The van der Waals surface area contributed by atoms with Crippen LogP contribution in [0.25, 0.3) is 0 Å². The minimum absolute atomic E-state index is 0. The standard InChI is InChI=1S/C19H24N4O.ClH/c24-18(19-9-5-4-8-16(19)10-20-14-19)22-17-11-21-23(13-17)12-15-6-2-1-3-7-15;/h1-3,6-7,11,13,16,20H,4-5,8-10,12,14H2,(H,22,24);1H/t16-,19+;/m0./s1. The monoisotopic (exact) mass is 360 g/mol. The summed E-state index contributed by atoms with van der Waals surface area (Å²) in [7, 11) is 0. The lowest BCUT2D eigenvalue weighted by Crippen LogP contribution is -2.44. The summed E-state index contributed by atoms with van der Waals surface area (Å²) in [5.74, 6) is 0.641. The average Bonchev–Trinajstić information content (AvgIpc) is 3.23. The number of amides is 1. The fraction of sp³-hybridized carbons (Fsp3) is 0.474. The molecule has 2 N–H and O–H groups in total. The van der Waals surface area contributed by atoms with Crippen LogP contribution in [0, 0.1) is 11.3 Å². The van der Waals surface area contributed by atoms with E-state index in [2.05, 4.69) is 27.9 Å². The minimum Gasteiger partial charge on any atom is -0.323 e. The maximum Gasteiger partial charge on any atom is 0.232 e. The predicted octanol–water partition coefficient (Wildman–Crippen LogP) is 3.07. The van der Waals surface area contributed by atoms with Gasteiger partial charge in [0.2, 0.25) is 5.91 Å². The zero-order chi connectivity index (χ0) is 16.4. The third kappa shape index (κ3) is 3.58. The first-order valence-corrected chi connectivity index (χ1v) is 8.85. The van der Waals surface area contributed by atoms with Crippen LogP contribution in [0.1, 0.15) is 31.2 Å². The number of carbonyl (C=O) groups excluding carboxylic acids is 1. The first-order chi connectivity index (χ1) is 11.8. The number of anilines is 1. The van der Waals surface area contributed by atoms with Gasteiger partial charge < -0.3 is 10.6 Å². The van der Waals surface area contributed by atoms with Crippen molar-refractivity contribution in [3.63, 3.8) is 0 Å². The van der Waals surface area contributed by atoms with E-state index in [4.69, 9.17) is 0 Å². The Labute approximate surface area is 154 Å². The first kappa shape index (κ1) is 18.0. The molecule has 1 aliphatic carbocycles. The Morgan fingerprint density at radius 2 is 2.16 bits per heavy atom. The van der Waals surface area contributed by atoms with Crippen LogP contribution in [-0.2, 0) is 11.3 Å². The number of nitrogens with zero attached hydrogens (tertiary/aromatic N) is 2. The van der Waals surface area contributed by atoms with Crippen molar-refractivity contribution in [3.8, 4) is 0 Å². The molecule has 1 aliphatic heterocycles. The maximum atomic E-state index is 13.0. The average molecular weight is 361 g/mol. The first-order valence-electron chi connectivity index (χ1n) is 8.85. The van der Waals surface area contributed by atoms with Crippen LogP contribution in [0.4, 0.5) is 5.69 Å². The molecule has 2 aromatic rings. The highest BCUT2D eigenvalue weighted by Crippen LogP contribution is 2.44. The molecule has 2 heterocycles. The molecule has 2 aliphatic rings. The number of hydrogen-bond donors (Lipinski definition) is 2. The van der Waals surface area contributed by atoms with Crippen molar-refractivity contribution in [2.24, 2.45) is 11.3 Å². The van der Waals surface area contributed by atoms with Gasteiger partial charge in [-0.05, 0) is 30.9 Å². The van der Waals surface area contributed by atoms with E-state index in [9.17, 15) is 4.79 Å². The van der Waals surface area contributed by atoms with Gasteiger partial charge in [-0.3, -0.25) is 9.48 Å². The number of carbonyl (C=O) groups is 1. The lowest BCUT2D eigenvalue weighted by molar-refractivity contribution is -0.128. The van der Waals surface area contributed by atoms with Crippen molar-refractivity contribution in [2.75, 3.05) is 18.4 Å². The van der Waals surface area contributed by atoms with Gasteiger partial charge in [0.1, 0.15) is 0 Å². The summed E-state index contributed by atoms with van der Waals surface area (Å²) in [6, 6.07) is 10.2. The molecule has 1 saturated heterocycles. The van der Waals surface area contributed by atoms with Crippen molar-refractivity contribution < 1.29 is 4.79 Å². The molecule has 2 fully saturated rings. The molecule has 5 nitrogen and oxygen atoms in total. The quantitative estimate of drug-likeness (QED) is 0.880. The van der Waals surface area contributed by atoms with E-state index >= 15 is 0 Å². The van der Waals surface area contributed by atoms with E-state index in [1.807, 2.05) is 29.1 Å². The van der Waals surface area contributed by atoms with Crippen LogP contribution >= 0.6 is 12.4 Å².